The van der Waals surface area contributed by atoms with Crippen LogP contribution in [0.5, 0.6) is 5.75 Å². The first-order chi connectivity index (χ1) is 9.19. The Morgan fingerprint density at radius 3 is 2.84 bits per heavy atom. The number of hydrogen-bond donors (Lipinski definition) is 1. The van der Waals surface area contributed by atoms with Crippen molar-refractivity contribution in [1.29, 1.82) is 0 Å². The quantitative estimate of drug-likeness (QED) is 0.894. The van der Waals surface area contributed by atoms with Crippen molar-refractivity contribution >= 4 is 17.7 Å². The molecule has 19 heavy (non-hydrogen) atoms. The van der Waals surface area contributed by atoms with Gasteiger partial charge in [-0.15, -0.1) is 0 Å². The lowest BCUT2D eigenvalue weighted by Crippen LogP contribution is -2.32. The third-order valence-corrected chi connectivity index (χ3v) is 3.93. The highest BCUT2D eigenvalue weighted by Gasteiger charge is 2.37. The van der Waals surface area contributed by atoms with Gasteiger partial charge in [0.15, 0.2) is 0 Å². The minimum atomic E-state index is -0.142. The Labute approximate surface area is 118 Å². The van der Waals surface area contributed by atoms with Gasteiger partial charge in [-0.3, -0.25) is 10.1 Å². The number of nitrogens with one attached hydrogen (secondary N) is 1. The predicted molar refractivity (Wildman–Crippen MR) is 78.4 cm³/mol. The fourth-order valence-electron chi connectivity index (χ4n) is 2.35. The number of thioether (sulfide) groups is 1. The number of para-hydroxylation sites is 1. The van der Waals surface area contributed by atoms with E-state index in [1.54, 1.807) is 18.9 Å². The van der Waals surface area contributed by atoms with Gasteiger partial charge >= 0.3 is 0 Å². The van der Waals surface area contributed by atoms with Gasteiger partial charge in [-0.2, -0.15) is 11.8 Å². The van der Waals surface area contributed by atoms with Crippen molar-refractivity contribution in [3.8, 4) is 5.75 Å². The van der Waals surface area contributed by atoms with Gasteiger partial charge in [-0.25, -0.2) is 0 Å². The van der Waals surface area contributed by atoms with Gasteiger partial charge in [0.2, 0.25) is 5.91 Å². The Hall–Kier alpha value is -1.20. The molecule has 1 fully saturated rings. The van der Waals surface area contributed by atoms with Crippen molar-refractivity contribution in [2.24, 2.45) is 0 Å². The summed E-state index contributed by atoms with van der Waals surface area (Å²) in [6.45, 7) is 2.66. The highest BCUT2D eigenvalue weighted by atomic mass is 32.2. The summed E-state index contributed by atoms with van der Waals surface area (Å²) in [5.74, 6) is 1.91. The van der Waals surface area contributed by atoms with Crippen molar-refractivity contribution in [2.45, 2.75) is 19.1 Å². The van der Waals surface area contributed by atoms with Crippen LogP contribution in [-0.4, -0.2) is 42.5 Å². The first-order valence-electron chi connectivity index (χ1n) is 6.37. The lowest BCUT2D eigenvalue weighted by Gasteiger charge is -2.25. The van der Waals surface area contributed by atoms with Crippen LogP contribution < -0.4 is 10.1 Å². The number of benzene rings is 1. The largest absolute Gasteiger partial charge is 0.496 e. The lowest BCUT2D eigenvalue weighted by molar-refractivity contribution is -0.129. The van der Waals surface area contributed by atoms with E-state index in [1.165, 1.54) is 0 Å². The van der Waals surface area contributed by atoms with Crippen LogP contribution in [0.1, 0.15) is 18.7 Å². The molecule has 2 unspecified atom stereocenters. The predicted octanol–water partition coefficient (Wildman–Crippen LogP) is 1.88. The van der Waals surface area contributed by atoms with Crippen LogP contribution in [-0.2, 0) is 4.79 Å². The number of carbonyl (C=O) groups excluding carboxylic acids is 1. The molecule has 0 radical (unpaired) electrons. The molecule has 1 aromatic carbocycles. The van der Waals surface area contributed by atoms with E-state index >= 15 is 0 Å². The monoisotopic (exact) mass is 280 g/mol. The van der Waals surface area contributed by atoms with E-state index in [-0.39, 0.29) is 18.1 Å². The topological polar surface area (TPSA) is 41.6 Å². The smallest absolute Gasteiger partial charge is 0.241 e. The van der Waals surface area contributed by atoms with Gasteiger partial charge < -0.3 is 9.64 Å². The summed E-state index contributed by atoms with van der Waals surface area (Å²) in [4.78, 5) is 14.1. The number of ether oxygens (including phenoxy) is 1. The molecule has 1 amide bonds. The molecule has 0 bridgehead atoms. The molecular weight excluding hydrogens is 260 g/mol. The van der Waals surface area contributed by atoms with Gasteiger partial charge in [0.1, 0.15) is 11.9 Å². The Kier molecular flexibility index (Phi) is 4.71. The van der Waals surface area contributed by atoms with E-state index in [2.05, 4.69) is 11.6 Å². The normalized spacial score (nSPS) is 22.9. The summed E-state index contributed by atoms with van der Waals surface area (Å²) in [6, 6.07) is 7.70. The minimum Gasteiger partial charge on any atom is -0.496 e. The van der Waals surface area contributed by atoms with Crippen LogP contribution in [0.2, 0.25) is 0 Å². The summed E-state index contributed by atoms with van der Waals surface area (Å²) in [5, 5.41) is 3.34. The fraction of sp³-hybridized carbons (Fsp3) is 0.500. The molecule has 0 saturated carbocycles. The molecule has 1 aliphatic rings. The fourth-order valence-corrected chi connectivity index (χ4v) is 2.73. The average Bonchev–Trinajstić information content (AvgIpc) is 2.72. The second-order valence-electron chi connectivity index (χ2n) is 4.56. The van der Waals surface area contributed by atoms with Gasteiger partial charge in [0.25, 0.3) is 0 Å². The van der Waals surface area contributed by atoms with Crippen molar-refractivity contribution in [3.05, 3.63) is 29.8 Å². The molecule has 1 heterocycles. The molecule has 5 heteroatoms. The maximum absolute atomic E-state index is 12.2. The van der Waals surface area contributed by atoms with Crippen LogP contribution >= 0.6 is 11.8 Å². The maximum atomic E-state index is 12.2. The molecule has 1 aromatic rings. The highest BCUT2D eigenvalue weighted by molar-refractivity contribution is 7.98. The van der Waals surface area contributed by atoms with Crippen LogP contribution in [0.4, 0.5) is 0 Å². The Bertz CT molecular complexity index is 453. The second-order valence-corrected chi connectivity index (χ2v) is 5.54. The van der Waals surface area contributed by atoms with Crippen LogP contribution in [0.15, 0.2) is 24.3 Å². The summed E-state index contributed by atoms with van der Waals surface area (Å²) < 4.78 is 5.40. The zero-order valence-electron chi connectivity index (χ0n) is 11.6. The van der Waals surface area contributed by atoms with E-state index in [0.29, 0.717) is 0 Å². The Balaban J connectivity index is 2.28. The van der Waals surface area contributed by atoms with E-state index in [0.717, 1.165) is 23.6 Å². The zero-order valence-corrected chi connectivity index (χ0v) is 12.4. The first kappa shape index (κ1) is 14.2. The Morgan fingerprint density at radius 2 is 2.16 bits per heavy atom. The third kappa shape index (κ3) is 2.87. The van der Waals surface area contributed by atoms with E-state index < -0.39 is 0 Å². The van der Waals surface area contributed by atoms with Crippen molar-refractivity contribution < 1.29 is 9.53 Å². The first-order valence-corrected chi connectivity index (χ1v) is 7.76. The van der Waals surface area contributed by atoms with Crippen molar-refractivity contribution in [2.75, 3.05) is 25.7 Å². The number of rotatable bonds is 5. The number of hydrogen-bond acceptors (Lipinski definition) is 4. The van der Waals surface area contributed by atoms with Crippen LogP contribution in [0, 0.1) is 0 Å². The van der Waals surface area contributed by atoms with E-state index in [1.807, 2.05) is 36.1 Å². The number of amides is 1. The summed E-state index contributed by atoms with van der Waals surface area (Å²) in [5.41, 5.74) is 1.02. The van der Waals surface area contributed by atoms with E-state index in [9.17, 15) is 4.79 Å². The molecular formula is C14H20N2O2S. The summed E-state index contributed by atoms with van der Waals surface area (Å²) in [7, 11) is 1.66. The van der Waals surface area contributed by atoms with Gasteiger partial charge in [0.05, 0.1) is 13.2 Å². The molecule has 0 spiro atoms. The average molecular weight is 280 g/mol. The molecule has 2 atom stereocenters. The van der Waals surface area contributed by atoms with Crippen molar-refractivity contribution in [3.63, 3.8) is 0 Å². The number of nitrogens with zero attached hydrogens (tertiary/aromatic N) is 1. The van der Waals surface area contributed by atoms with Crippen molar-refractivity contribution in [1.82, 2.24) is 10.2 Å². The zero-order chi connectivity index (χ0) is 13.8. The summed E-state index contributed by atoms with van der Waals surface area (Å²) >= 11 is 1.75. The molecule has 4 nitrogen and oxygen atoms in total. The SMILES string of the molecule is COc1ccccc1C1NC(C)C(=O)N1CCSC. The second kappa shape index (κ2) is 6.30. The maximum Gasteiger partial charge on any atom is 0.241 e. The van der Waals surface area contributed by atoms with E-state index in [4.69, 9.17) is 4.74 Å². The molecule has 104 valence electrons. The van der Waals surface area contributed by atoms with Gasteiger partial charge in [-0.05, 0) is 19.2 Å². The molecule has 0 aromatic heterocycles. The molecule has 2 rings (SSSR count). The molecule has 1 aliphatic heterocycles. The number of methoxy groups -OCH3 is 1. The van der Waals surface area contributed by atoms with Gasteiger partial charge in [-0.1, -0.05) is 18.2 Å². The molecule has 1 N–H and O–H groups in total. The minimum absolute atomic E-state index is 0.0919. The standard InChI is InChI=1S/C14H20N2O2S/c1-10-14(17)16(8-9-19-3)13(15-10)11-6-4-5-7-12(11)18-2/h4-7,10,13,15H,8-9H2,1-3H3. The highest BCUT2D eigenvalue weighted by Crippen LogP contribution is 2.31. The molecule has 0 aliphatic carbocycles. The van der Waals surface area contributed by atoms with Crippen LogP contribution in [0.3, 0.4) is 0 Å². The lowest BCUT2D eigenvalue weighted by atomic mass is 10.1. The number of carbonyl (C=O) groups is 1. The molecule has 1 saturated heterocycles. The van der Waals surface area contributed by atoms with Crippen LogP contribution in [0.25, 0.3) is 0 Å². The third-order valence-electron chi connectivity index (χ3n) is 3.34. The summed E-state index contributed by atoms with van der Waals surface area (Å²) in [6.07, 6.45) is 1.96. The van der Waals surface area contributed by atoms with Gasteiger partial charge in [0, 0.05) is 17.9 Å². The Morgan fingerprint density at radius 1 is 1.42 bits per heavy atom.